The predicted octanol–water partition coefficient (Wildman–Crippen LogP) is 3.40. The van der Waals surface area contributed by atoms with Gasteiger partial charge >= 0.3 is 0 Å². The smallest absolute Gasteiger partial charge is 0.255 e. The molecule has 32 heavy (non-hydrogen) atoms. The fraction of sp³-hybridized carbons (Fsp3) is 0.318. The number of halogens is 2. The van der Waals surface area contributed by atoms with Gasteiger partial charge in [0.25, 0.3) is 5.91 Å². The first-order valence-corrected chi connectivity index (χ1v) is 10.4. The Balaban J connectivity index is 1.85. The van der Waals surface area contributed by atoms with Crippen LogP contribution in [0.15, 0.2) is 41.2 Å². The van der Waals surface area contributed by atoms with Crippen molar-refractivity contribution in [3.63, 3.8) is 0 Å². The summed E-state index contributed by atoms with van der Waals surface area (Å²) in [6.45, 7) is 3.24. The SMILES string of the molecule is COc1ncc(C(=O)NCc2ccon2)c(N2CC[C@](C)(N)C2)c1-c1cc(F)cc(Cl)c1. The third kappa shape index (κ3) is 4.53. The average Bonchev–Trinajstić information content (AvgIpc) is 3.39. The minimum absolute atomic E-state index is 0.177. The second-order valence-electron chi connectivity index (χ2n) is 8.06. The van der Waals surface area contributed by atoms with Crippen molar-refractivity contribution in [1.82, 2.24) is 15.5 Å². The lowest BCUT2D eigenvalue weighted by Gasteiger charge is -2.27. The third-order valence-corrected chi connectivity index (χ3v) is 5.57. The molecule has 1 aliphatic rings. The standard InChI is InChI=1S/C22H23ClFN5O3/c1-22(25)4-5-29(12-22)19-17(20(30)26-10-16-3-6-32-28-16)11-27-21(31-2)18(19)13-7-14(23)9-15(24)8-13/h3,6-9,11H,4-5,10,12,25H2,1-2H3,(H,26,30)/t22-/m0/s1. The minimum atomic E-state index is -0.508. The number of carbonyl (C=O) groups excluding carboxylic acids is 1. The van der Waals surface area contributed by atoms with Gasteiger partial charge in [-0.3, -0.25) is 4.79 Å². The van der Waals surface area contributed by atoms with Gasteiger partial charge in [0.05, 0.1) is 30.5 Å². The van der Waals surface area contributed by atoms with Gasteiger partial charge in [0.1, 0.15) is 17.8 Å². The van der Waals surface area contributed by atoms with Crippen molar-refractivity contribution in [2.75, 3.05) is 25.1 Å². The van der Waals surface area contributed by atoms with E-state index in [0.29, 0.717) is 41.2 Å². The monoisotopic (exact) mass is 459 g/mol. The largest absolute Gasteiger partial charge is 0.480 e. The van der Waals surface area contributed by atoms with Crippen LogP contribution >= 0.6 is 11.6 Å². The van der Waals surface area contributed by atoms with Gasteiger partial charge in [0.2, 0.25) is 5.88 Å². The number of amides is 1. The van der Waals surface area contributed by atoms with Gasteiger partial charge in [-0.05, 0) is 37.1 Å². The maximum atomic E-state index is 14.2. The van der Waals surface area contributed by atoms with Crippen LogP contribution < -0.4 is 20.7 Å². The molecule has 3 heterocycles. The zero-order valence-corrected chi connectivity index (χ0v) is 18.4. The molecule has 4 rings (SSSR count). The summed E-state index contributed by atoms with van der Waals surface area (Å²) in [5.41, 5.74) is 8.30. The van der Waals surface area contributed by atoms with Crippen LogP contribution in [0.2, 0.25) is 5.02 Å². The molecule has 2 aromatic heterocycles. The van der Waals surface area contributed by atoms with Crippen molar-refractivity contribution in [3.05, 3.63) is 58.8 Å². The van der Waals surface area contributed by atoms with Crippen LogP contribution in [0.3, 0.4) is 0 Å². The highest BCUT2D eigenvalue weighted by Crippen LogP contribution is 2.43. The molecule has 0 aliphatic carbocycles. The number of nitrogens with two attached hydrogens (primary N) is 1. The Morgan fingerprint density at radius 3 is 2.88 bits per heavy atom. The van der Waals surface area contributed by atoms with Crippen molar-refractivity contribution >= 4 is 23.2 Å². The topological polar surface area (TPSA) is 107 Å². The maximum absolute atomic E-state index is 14.2. The molecule has 0 radical (unpaired) electrons. The second-order valence-corrected chi connectivity index (χ2v) is 8.50. The van der Waals surface area contributed by atoms with E-state index in [1.165, 1.54) is 31.7 Å². The normalized spacial score (nSPS) is 18.1. The zero-order chi connectivity index (χ0) is 22.9. The molecule has 1 fully saturated rings. The number of hydrogen-bond donors (Lipinski definition) is 2. The maximum Gasteiger partial charge on any atom is 0.255 e. The highest BCUT2D eigenvalue weighted by molar-refractivity contribution is 6.31. The molecule has 1 aromatic carbocycles. The Morgan fingerprint density at radius 2 is 2.25 bits per heavy atom. The van der Waals surface area contributed by atoms with Crippen LogP contribution in [-0.4, -0.2) is 41.8 Å². The van der Waals surface area contributed by atoms with Gasteiger partial charge in [0.15, 0.2) is 0 Å². The summed E-state index contributed by atoms with van der Waals surface area (Å²) in [5.74, 6) is -0.626. The van der Waals surface area contributed by atoms with E-state index in [4.69, 9.17) is 26.6 Å². The Hall–Kier alpha value is -3.17. The number of ether oxygens (including phenoxy) is 1. The van der Waals surface area contributed by atoms with Crippen molar-refractivity contribution in [2.24, 2.45) is 5.73 Å². The fourth-order valence-electron chi connectivity index (χ4n) is 3.86. The number of nitrogens with one attached hydrogen (secondary N) is 1. The van der Waals surface area contributed by atoms with E-state index in [1.807, 2.05) is 11.8 Å². The summed E-state index contributed by atoms with van der Waals surface area (Å²) < 4.78 is 24.6. The number of carbonyl (C=O) groups is 1. The quantitative estimate of drug-likeness (QED) is 0.581. The number of pyridine rings is 1. The average molecular weight is 460 g/mol. The van der Waals surface area contributed by atoms with Crippen molar-refractivity contribution < 1.29 is 18.4 Å². The minimum Gasteiger partial charge on any atom is -0.480 e. The van der Waals surface area contributed by atoms with Crippen LogP contribution in [0.5, 0.6) is 5.88 Å². The van der Waals surface area contributed by atoms with Gasteiger partial charge in [0, 0.05) is 35.9 Å². The van der Waals surface area contributed by atoms with Crippen molar-refractivity contribution in [2.45, 2.75) is 25.4 Å². The second kappa shape index (κ2) is 8.76. The van der Waals surface area contributed by atoms with E-state index in [-0.39, 0.29) is 23.4 Å². The molecule has 0 bridgehead atoms. The lowest BCUT2D eigenvalue weighted by molar-refractivity contribution is 0.0950. The van der Waals surface area contributed by atoms with E-state index in [9.17, 15) is 9.18 Å². The molecule has 1 aliphatic heterocycles. The lowest BCUT2D eigenvalue weighted by atomic mass is 10.00. The molecule has 1 amide bonds. The number of nitrogens with zero attached hydrogens (tertiary/aromatic N) is 3. The summed E-state index contributed by atoms with van der Waals surface area (Å²) in [5, 5.41) is 6.85. The van der Waals surface area contributed by atoms with Crippen LogP contribution in [-0.2, 0) is 6.54 Å². The number of anilines is 1. The Morgan fingerprint density at radius 1 is 1.44 bits per heavy atom. The summed E-state index contributed by atoms with van der Waals surface area (Å²) in [4.78, 5) is 19.5. The van der Waals surface area contributed by atoms with E-state index >= 15 is 0 Å². The summed E-state index contributed by atoms with van der Waals surface area (Å²) in [6, 6.07) is 5.83. The Bertz CT molecular complexity index is 1120. The molecule has 10 heteroatoms. The number of aromatic nitrogens is 2. The molecule has 0 unspecified atom stereocenters. The van der Waals surface area contributed by atoms with E-state index in [1.54, 1.807) is 12.1 Å². The van der Waals surface area contributed by atoms with Gasteiger partial charge < -0.3 is 25.2 Å². The highest BCUT2D eigenvalue weighted by Gasteiger charge is 2.35. The molecule has 1 atom stereocenters. The van der Waals surface area contributed by atoms with Gasteiger partial charge in [-0.2, -0.15) is 0 Å². The molecule has 1 saturated heterocycles. The van der Waals surface area contributed by atoms with Crippen molar-refractivity contribution in [3.8, 4) is 17.0 Å². The lowest BCUT2D eigenvalue weighted by Crippen LogP contribution is -2.39. The Kier molecular flexibility index (Phi) is 6.03. The van der Waals surface area contributed by atoms with Crippen LogP contribution in [0.1, 0.15) is 29.4 Å². The predicted molar refractivity (Wildman–Crippen MR) is 118 cm³/mol. The molecule has 3 N–H and O–H groups in total. The third-order valence-electron chi connectivity index (χ3n) is 5.35. The summed E-state index contributed by atoms with van der Waals surface area (Å²) in [7, 11) is 1.47. The highest BCUT2D eigenvalue weighted by atomic mass is 35.5. The molecule has 0 saturated carbocycles. The fourth-order valence-corrected chi connectivity index (χ4v) is 4.08. The molecule has 0 spiro atoms. The molecule has 3 aromatic rings. The van der Waals surface area contributed by atoms with Crippen LogP contribution in [0, 0.1) is 5.82 Å². The first-order valence-electron chi connectivity index (χ1n) is 10.0. The molecular formula is C22H23ClFN5O3. The Labute approximate surface area is 189 Å². The number of benzene rings is 1. The molecular weight excluding hydrogens is 437 g/mol. The molecule has 168 valence electrons. The van der Waals surface area contributed by atoms with Gasteiger partial charge in [-0.15, -0.1) is 0 Å². The first kappa shape index (κ1) is 22.0. The molecule has 8 nitrogen and oxygen atoms in total. The van der Waals surface area contributed by atoms with E-state index in [0.717, 1.165) is 6.42 Å². The van der Waals surface area contributed by atoms with Gasteiger partial charge in [-0.1, -0.05) is 16.8 Å². The summed E-state index contributed by atoms with van der Waals surface area (Å²) >= 11 is 6.13. The zero-order valence-electron chi connectivity index (χ0n) is 17.7. The van der Waals surface area contributed by atoms with Gasteiger partial charge in [-0.25, -0.2) is 9.37 Å². The summed E-state index contributed by atoms with van der Waals surface area (Å²) in [6.07, 6.45) is 3.60. The van der Waals surface area contributed by atoms with Crippen molar-refractivity contribution in [1.29, 1.82) is 0 Å². The number of rotatable bonds is 6. The van der Waals surface area contributed by atoms with E-state index < -0.39 is 11.4 Å². The van der Waals surface area contributed by atoms with Crippen LogP contribution in [0.4, 0.5) is 10.1 Å². The van der Waals surface area contributed by atoms with E-state index in [2.05, 4.69) is 15.5 Å². The first-order chi connectivity index (χ1) is 15.3. The van der Waals surface area contributed by atoms with Crippen LogP contribution in [0.25, 0.3) is 11.1 Å². The number of methoxy groups -OCH3 is 1. The number of hydrogen-bond acceptors (Lipinski definition) is 7.